The molecule has 0 spiro atoms. The Labute approximate surface area is 171 Å². The minimum absolute atomic E-state index is 0.0185. The number of amides is 1. The van der Waals surface area contributed by atoms with Crippen LogP contribution in [0, 0.1) is 0 Å². The molecule has 2 heterocycles. The zero-order valence-electron chi connectivity index (χ0n) is 17.2. The Bertz CT molecular complexity index is 989. The smallest absolute Gasteiger partial charge is 0.255 e. The maximum Gasteiger partial charge on any atom is 0.255 e. The van der Waals surface area contributed by atoms with Crippen molar-refractivity contribution in [1.82, 2.24) is 20.1 Å². The van der Waals surface area contributed by atoms with E-state index in [1.165, 1.54) is 19.3 Å². The van der Waals surface area contributed by atoms with Crippen molar-refractivity contribution in [2.75, 3.05) is 5.32 Å². The van der Waals surface area contributed by atoms with Gasteiger partial charge in [0.1, 0.15) is 0 Å². The third kappa shape index (κ3) is 4.11. The average Bonchev–Trinajstić information content (AvgIpc) is 3.17. The Hall–Kier alpha value is -2.89. The SMILES string of the molecule is CCn1ncc2c(NC3(C)CCCCC3)c(C(=O)NCc3ccccc3)cnc21. The molecule has 0 bridgehead atoms. The molecule has 2 N–H and O–H groups in total. The van der Waals surface area contributed by atoms with Gasteiger partial charge in [0.25, 0.3) is 5.91 Å². The normalized spacial score (nSPS) is 15.9. The summed E-state index contributed by atoms with van der Waals surface area (Å²) >= 11 is 0. The molecule has 152 valence electrons. The quantitative estimate of drug-likeness (QED) is 0.648. The van der Waals surface area contributed by atoms with Crippen LogP contribution in [0.2, 0.25) is 0 Å². The molecule has 1 saturated carbocycles. The second-order valence-corrected chi connectivity index (χ2v) is 8.16. The van der Waals surface area contributed by atoms with E-state index >= 15 is 0 Å². The first-order valence-electron chi connectivity index (χ1n) is 10.5. The number of fused-ring (bicyclic) bond motifs is 1. The average molecular weight is 392 g/mol. The molecule has 0 aliphatic heterocycles. The molecule has 4 rings (SSSR count). The molecular formula is C23H29N5O. The minimum Gasteiger partial charge on any atom is -0.379 e. The van der Waals surface area contributed by atoms with E-state index in [0.29, 0.717) is 12.1 Å². The van der Waals surface area contributed by atoms with Crippen LogP contribution >= 0.6 is 0 Å². The number of nitrogens with zero attached hydrogens (tertiary/aromatic N) is 3. The molecule has 1 fully saturated rings. The van der Waals surface area contributed by atoms with Crippen LogP contribution < -0.4 is 10.6 Å². The van der Waals surface area contributed by atoms with E-state index in [1.54, 1.807) is 6.20 Å². The molecule has 1 amide bonds. The largest absolute Gasteiger partial charge is 0.379 e. The van der Waals surface area contributed by atoms with Crippen LogP contribution in [-0.2, 0) is 13.1 Å². The third-order valence-corrected chi connectivity index (χ3v) is 5.89. The van der Waals surface area contributed by atoms with Gasteiger partial charge in [0.05, 0.1) is 22.8 Å². The van der Waals surface area contributed by atoms with E-state index in [0.717, 1.165) is 41.7 Å². The number of carbonyl (C=O) groups is 1. The Morgan fingerprint density at radius 3 is 2.62 bits per heavy atom. The first-order chi connectivity index (χ1) is 14.1. The maximum atomic E-state index is 13.1. The molecule has 0 unspecified atom stereocenters. The number of anilines is 1. The highest BCUT2D eigenvalue weighted by molar-refractivity contribution is 6.06. The number of hydrogen-bond donors (Lipinski definition) is 2. The van der Waals surface area contributed by atoms with E-state index in [-0.39, 0.29) is 11.4 Å². The first kappa shape index (κ1) is 19.4. The number of hydrogen-bond acceptors (Lipinski definition) is 4. The summed E-state index contributed by atoms with van der Waals surface area (Å²) < 4.78 is 1.87. The van der Waals surface area contributed by atoms with Crippen molar-refractivity contribution in [2.45, 2.75) is 64.6 Å². The topological polar surface area (TPSA) is 71.8 Å². The summed E-state index contributed by atoms with van der Waals surface area (Å²) in [5, 5.41) is 12.2. The van der Waals surface area contributed by atoms with Crippen LogP contribution in [0.5, 0.6) is 0 Å². The Balaban J connectivity index is 1.67. The molecule has 2 aromatic heterocycles. The highest BCUT2D eigenvalue weighted by Crippen LogP contribution is 2.35. The molecule has 6 heteroatoms. The fourth-order valence-corrected chi connectivity index (χ4v) is 4.20. The summed E-state index contributed by atoms with van der Waals surface area (Å²) in [6, 6.07) is 9.95. The number of benzene rings is 1. The summed E-state index contributed by atoms with van der Waals surface area (Å²) in [5.74, 6) is -0.116. The standard InChI is InChI=1S/C23H29N5O/c1-3-28-21-18(16-26-28)20(27-23(2)12-8-5-9-13-23)19(15-24-21)22(29)25-14-17-10-6-4-7-11-17/h4,6-7,10-11,15-16H,3,5,8-9,12-14H2,1-2H3,(H,24,27)(H,25,29). The Morgan fingerprint density at radius 1 is 1.14 bits per heavy atom. The van der Waals surface area contributed by atoms with Crippen molar-refractivity contribution in [3.8, 4) is 0 Å². The predicted molar refractivity (Wildman–Crippen MR) is 116 cm³/mol. The van der Waals surface area contributed by atoms with Crippen LogP contribution in [0.4, 0.5) is 5.69 Å². The lowest BCUT2D eigenvalue weighted by atomic mass is 9.83. The van der Waals surface area contributed by atoms with Crippen molar-refractivity contribution in [1.29, 1.82) is 0 Å². The van der Waals surface area contributed by atoms with Crippen molar-refractivity contribution in [3.05, 3.63) is 53.9 Å². The van der Waals surface area contributed by atoms with E-state index in [4.69, 9.17) is 0 Å². The van der Waals surface area contributed by atoms with E-state index in [1.807, 2.05) is 48.1 Å². The molecule has 29 heavy (non-hydrogen) atoms. The summed E-state index contributed by atoms with van der Waals surface area (Å²) in [7, 11) is 0. The van der Waals surface area contributed by atoms with Gasteiger partial charge < -0.3 is 10.6 Å². The van der Waals surface area contributed by atoms with Crippen LogP contribution in [0.1, 0.15) is 61.9 Å². The fraction of sp³-hybridized carbons (Fsp3) is 0.435. The van der Waals surface area contributed by atoms with Gasteiger partial charge in [-0.3, -0.25) is 4.79 Å². The van der Waals surface area contributed by atoms with Crippen LogP contribution in [0.15, 0.2) is 42.7 Å². The van der Waals surface area contributed by atoms with Crippen molar-refractivity contribution >= 4 is 22.6 Å². The second kappa shape index (κ2) is 8.23. The molecular weight excluding hydrogens is 362 g/mol. The molecule has 6 nitrogen and oxygen atoms in total. The highest BCUT2D eigenvalue weighted by atomic mass is 16.1. The summed E-state index contributed by atoms with van der Waals surface area (Å²) in [6.45, 7) is 5.54. The number of aryl methyl sites for hydroxylation is 1. The number of aromatic nitrogens is 3. The highest BCUT2D eigenvalue weighted by Gasteiger charge is 2.29. The molecule has 3 aromatic rings. The van der Waals surface area contributed by atoms with Crippen LogP contribution in [0.25, 0.3) is 11.0 Å². The molecule has 0 atom stereocenters. The fourth-order valence-electron chi connectivity index (χ4n) is 4.20. The Morgan fingerprint density at radius 2 is 1.90 bits per heavy atom. The number of carbonyl (C=O) groups excluding carboxylic acids is 1. The number of rotatable bonds is 6. The van der Waals surface area contributed by atoms with Crippen molar-refractivity contribution < 1.29 is 4.79 Å². The van der Waals surface area contributed by atoms with Gasteiger partial charge in [0.2, 0.25) is 0 Å². The number of pyridine rings is 1. The lowest BCUT2D eigenvalue weighted by Gasteiger charge is -2.36. The molecule has 0 saturated heterocycles. The van der Waals surface area contributed by atoms with E-state index in [2.05, 4.69) is 27.6 Å². The third-order valence-electron chi connectivity index (χ3n) is 5.89. The van der Waals surface area contributed by atoms with E-state index < -0.39 is 0 Å². The van der Waals surface area contributed by atoms with Gasteiger partial charge in [-0.25, -0.2) is 9.67 Å². The van der Waals surface area contributed by atoms with E-state index in [9.17, 15) is 4.79 Å². The minimum atomic E-state index is -0.116. The zero-order valence-corrected chi connectivity index (χ0v) is 17.2. The summed E-state index contributed by atoms with van der Waals surface area (Å²) in [5.41, 5.74) is 3.30. The monoisotopic (exact) mass is 391 g/mol. The molecule has 1 aromatic carbocycles. The van der Waals surface area contributed by atoms with Gasteiger partial charge >= 0.3 is 0 Å². The van der Waals surface area contributed by atoms with Gasteiger partial charge in [-0.05, 0) is 32.3 Å². The Kier molecular flexibility index (Phi) is 5.51. The first-order valence-corrected chi connectivity index (χ1v) is 10.5. The summed E-state index contributed by atoms with van der Waals surface area (Å²) in [4.78, 5) is 17.7. The van der Waals surface area contributed by atoms with Gasteiger partial charge in [0, 0.05) is 24.8 Å². The van der Waals surface area contributed by atoms with Gasteiger partial charge in [0.15, 0.2) is 5.65 Å². The van der Waals surface area contributed by atoms with Crippen molar-refractivity contribution in [2.24, 2.45) is 0 Å². The number of nitrogens with one attached hydrogen (secondary N) is 2. The molecule has 1 aliphatic rings. The summed E-state index contributed by atoms with van der Waals surface area (Å²) in [6.07, 6.45) is 9.41. The van der Waals surface area contributed by atoms with Crippen LogP contribution in [-0.4, -0.2) is 26.2 Å². The molecule has 1 aliphatic carbocycles. The lowest BCUT2D eigenvalue weighted by molar-refractivity contribution is 0.0951. The predicted octanol–water partition coefficient (Wildman–Crippen LogP) is 4.52. The van der Waals surface area contributed by atoms with Gasteiger partial charge in [-0.2, -0.15) is 5.10 Å². The molecule has 0 radical (unpaired) electrons. The van der Waals surface area contributed by atoms with Gasteiger partial charge in [-0.15, -0.1) is 0 Å². The van der Waals surface area contributed by atoms with Crippen LogP contribution in [0.3, 0.4) is 0 Å². The maximum absolute atomic E-state index is 13.1. The lowest BCUT2D eigenvalue weighted by Crippen LogP contribution is -2.38. The van der Waals surface area contributed by atoms with Crippen molar-refractivity contribution in [3.63, 3.8) is 0 Å². The second-order valence-electron chi connectivity index (χ2n) is 8.16. The van der Waals surface area contributed by atoms with Gasteiger partial charge in [-0.1, -0.05) is 49.6 Å². The zero-order chi connectivity index (χ0) is 20.3.